The number of hydrogen-bond acceptors (Lipinski definition) is 4. The van der Waals surface area contributed by atoms with Gasteiger partial charge in [0.05, 0.1) is 16.4 Å². The summed E-state index contributed by atoms with van der Waals surface area (Å²) >= 11 is 10.1. The highest BCUT2D eigenvalue weighted by atomic mass is 35.5. The molecule has 0 saturated heterocycles. The Balaban J connectivity index is 3.22. The summed E-state index contributed by atoms with van der Waals surface area (Å²) in [6.45, 7) is 0. The Morgan fingerprint density at radius 3 is 2.93 bits per heavy atom. The summed E-state index contributed by atoms with van der Waals surface area (Å²) in [6.07, 6.45) is 1.35. The highest BCUT2D eigenvalue weighted by molar-refractivity contribution is 7.78. The van der Waals surface area contributed by atoms with Crippen LogP contribution in [-0.2, 0) is 4.84 Å². The Hall–Kier alpha value is -1.29. The predicted octanol–water partition coefficient (Wildman–Crippen LogP) is 3.19. The third-order valence-electron chi connectivity index (χ3n) is 1.53. The molecule has 15 heavy (non-hydrogen) atoms. The fourth-order valence-corrected chi connectivity index (χ4v) is 1.19. The summed E-state index contributed by atoms with van der Waals surface area (Å²) in [5.74, 6) is -0.563. The molecule has 0 aliphatic heterocycles. The van der Waals surface area contributed by atoms with Gasteiger partial charge in [-0.3, -0.25) is 0 Å². The van der Waals surface area contributed by atoms with E-state index in [2.05, 4.69) is 32.4 Å². The summed E-state index contributed by atoms with van der Waals surface area (Å²) in [4.78, 5) is 8.03. The van der Waals surface area contributed by atoms with Gasteiger partial charge in [0, 0.05) is 5.56 Å². The molecule has 0 fully saturated rings. The van der Waals surface area contributed by atoms with Crippen LogP contribution in [0.25, 0.3) is 0 Å². The minimum absolute atomic E-state index is 0.0620. The van der Waals surface area contributed by atoms with Gasteiger partial charge in [-0.2, -0.15) is 4.99 Å². The third kappa shape index (κ3) is 3.09. The Morgan fingerprint density at radius 1 is 1.60 bits per heavy atom. The number of benzene rings is 1. The molecule has 6 heteroatoms. The number of isothiocyanates is 1. The summed E-state index contributed by atoms with van der Waals surface area (Å²) in [5, 5.41) is 5.81. The third-order valence-corrected chi connectivity index (χ3v) is 1.95. The Labute approximate surface area is 96.2 Å². The van der Waals surface area contributed by atoms with Gasteiger partial charge in [-0.25, -0.2) is 4.39 Å². The maximum atomic E-state index is 13.2. The van der Waals surface area contributed by atoms with E-state index in [1.165, 1.54) is 19.4 Å². The first-order chi connectivity index (χ1) is 7.19. The molecule has 0 heterocycles. The summed E-state index contributed by atoms with van der Waals surface area (Å²) in [7, 11) is 1.39. The number of aliphatic imine (C=N–C) groups is 1. The van der Waals surface area contributed by atoms with Crippen molar-refractivity contribution in [3.05, 3.63) is 28.5 Å². The molecule has 0 bridgehead atoms. The smallest absolute Gasteiger partial charge is 0.151 e. The van der Waals surface area contributed by atoms with Crippen molar-refractivity contribution < 1.29 is 9.23 Å². The van der Waals surface area contributed by atoms with Gasteiger partial charge in [-0.15, -0.1) is 0 Å². The van der Waals surface area contributed by atoms with Crippen LogP contribution in [0.5, 0.6) is 0 Å². The molecule has 0 amide bonds. The molecule has 0 atom stereocenters. The molecule has 3 nitrogen and oxygen atoms in total. The van der Waals surface area contributed by atoms with E-state index >= 15 is 0 Å². The quantitative estimate of drug-likeness (QED) is 0.465. The topological polar surface area (TPSA) is 34.0 Å². The zero-order chi connectivity index (χ0) is 11.3. The van der Waals surface area contributed by atoms with Gasteiger partial charge in [-0.1, -0.05) is 16.8 Å². The first-order valence-corrected chi connectivity index (χ1v) is 4.61. The van der Waals surface area contributed by atoms with Gasteiger partial charge in [0.2, 0.25) is 0 Å². The highest BCUT2D eigenvalue weighted by Crippen LogP contribution is 2.24. The van der Waals surface area contributed by atoms with Gasteiger partial charge in [0.25, 0.3) is 0 Å². The number of rotatable bonds is 3. The molecule has 0 unspecified atom stereocenters. The maximum absolute atomic E-state index is 13.2. The fourth-order valence-electron chi connectivity index (χ4n) is 0.897. The maximum Gasteiger partial charge on any atom is 0.151 e. The molecule has 0 radical (unpaired) electrons. The number of nitrogens with zero attached hydrogens (tertiary/aromatic N) is 2. The lowest BCUT2D eigenvalue weighted by atomic mass is 10.2. The average Bonchev–Trinajstić information content (AvgIpc) is 2.20. The zero-order valence-electron chi connectivity index (χ0n) is 7.70. The molecule has 0 aromatic heterocycles. The second-order valence-corrected chi connectivity index (χ2v) is 3.04. The molecule has 0 N–H and O–H groups in total. The Kier molecular flexibility index (Phi) is 4.37. The number of oxime groups is 1. The Morgan fingerprint density at radius 2 is 2.33 bits per heavy atom. The van der Waals surface area contributed by atoms with Crippen molar-refractivity contribution in [3.8, 4) is 0 Å². The van der Waals surface area contributed by atoms with Crippen LogP contribution in [-0.4, -0.2) is 18.5 Å². The molecule has 0 saturated carbocycles. The van der Waals surface area contributed by atoms with E-state index in [9.17, 15) is 4.39 Å². The minimum atomic E-state index is -0.563. The molecule has 0 aliphatic rings. The number of thiocarbonyl (C=S) groups is 1. The fraction of sp³-hybridized carbons (Fsp3) is 0.111. The second kappa shape index (κ2) is 5.56. The SMILES string of the molecule is CO/N=C/c1cc(N=C=S)c(F)cc1Cl. The summed E-state index contributed by atoms with van der Waals surface area (Å²) in [5.41, 5.74) is 0.552. The standard InChI is InChI=1S/C9H6ClFN2OS/c1-14-13-4-6-2-9(12-5-15)8(11)3-7(6)10/h2-4H,1H3/b13-4+. The van der Waals surface area contributed by atoms with Crippen LogP contribution in [0, 0.1) is 5.82 Å². The monoisotopic (exact) mass is 244 g/mol. The lowest BCUT2D eigenvalue weighted by Crippen LogP contribution is -1.87. The van der Waals surface area contributed by atoms with Crippen molar-refractivity contribution in [3.63, 3.8) is 0 Å². The summed E-state index contributed by atoms with van der Waals surface area (Å²) in [6, 6.07) is 2.53. The van der Waals surface area contributed by atoms with E-state index in [4.69, 9.17) is 11.6 Å². The molecule has 1 aromatic carbocycles. The van der Waals surface area contributed by atoms with Crippen LogP contribution < -0.4 is 0 Å². The van der Waals surface area contributed by atoms with Crippen molar-refractivity contribution in [2.24, 2.45) is 10.1 Å². The predicted molar refractivity (Wildman–Crippen MR) is 60.7 cm³/mol. The van der Waals surface area contributed by atoms with Crippen molar-refractivity contribution in [1.29, 1.82) is 0 Å². The van der Waals surface area contributed by atoms with E-state index in [1.54, 1.807) is 0 Å². The summed E-state index contributed by atoms with van der Waals surface area (Å²) < 4.78 is 13.2. The lowest BCUT2D eigenvalue weighted by Gasteiger charge is -2.00. The van der Waals surface area contributed by atoms with Gasteiger partial charge in [-0.05, 0) is 24.4 Å². The number of halogens is 2. The molecule has 1 rings (SSSR count). The van der Waals surface area contributed by atoms with E-state index < -0.39 is 5.82 Å². The van der Waals surface area contributed by atoms with E-state index in [0.717, 1.165) is 6.07 Å². The van der Waals surface area contributed by atoms with Crippen LogP contribution in [0.1, 0.15) is 5.56 Å². The largest absolute Gasteiger partial charge is 0.399 e. The molecule has 0 spiro atoms. The van der Waals surface area contributed by atoms with Gasteiger partial charge >= 0.3 is 0 Å². The lowest BCUT2D eigenvalue weighted by molar-refractivity contribution is 0.215. The highest BCUT2D eigenvalue weighted by Gasteiger charge is 2.06. The first-order valence-electron chi connectivity index (χ1n) is 3.82. The van der Waals surface area contributed by atoms with E-state index in [0.29, 0.717) is 5.56 Å². The number of hydrogen-bond donors (Lipinski definition) is 0. The van der Waals surface area contributed by atoms with Crippen LogP contribution >= 0.6 is 23.8 Å². The first kappa shape index (κ1) is 11.8. The normalized spacial score (nSPS) is 10.1. The molecule has 1 aromatic rings. The van der Waals surface area contributed by atoms with Crippen LogP contribution in [0.15, 0.2) is 22.3 Å². The molecule has 0 aliphatic carbocycles. The molecular formula is C9H6ClFN2OS. The van der Waals surface area contributed by atoms with Crippen molar-refractivity contribution in [2.45, 2.75) is 0 Å². The second-order valence-electron chi connectivity index (χ2n) is 2.45. The van der Waals surface area contributed by atoms with Gasteiger partial charge in [0.15, 0.2) is 5.82 Å². The van der Waals surface area contributed by atoms with E-state index in [1.807, 2.05) is 0 Å². The van der Waals surface area contributed by atoms with Crippen molar-refractivity contribution >= 4 is 40.9 Å². The van der Waals surface area contributed by atoms with Gasteiger partial charge in [0.1, 0.15) is 12.8 Å². The van der Waals surface area contributed by atoms with Crippen LogP contribution in [0.4, 0.5) is 10.1 Å². The zero-order valence-corrected chi connectivity index (χ0v) is 9.27. The van der Waals surface area contributed by atoms with Crippen LogP contribution in [0.2, 0.25) is 5.02 Å². The average molecular weight is 245 g/mol. The Bertz CT molecular complexity index is 444. The van der Waals surface area contributed by atoms with E-state index in [-0.39, 0.29) is 10.7 Å². The molecule has 78 valence electrons. The van der Waals surface area contributed by atoms with Crippen molar-refractivity contribution in [2.75, 3.05) is 7.11 Å². The molecular weight excluding hydrogens is 239 g/mol. The van der Waals surface area contributed by atoms with Crippen LogP contribution in [0.3, 0.4) is 0 Å². The van der Waals surface area contributed by atoms with Crippen molar-refractivity contribution in [1.82, 2.24) is 0 Å². The van der Waals surface area contributed by atoms with Gasteiger partial charge < -0.3 is 4.84 Å². The minimum Gasteiger partial charge on any atom is -0.399 e.